The quantitative estimate of drug-likeness (QED) is 0.0680. The van der Waals surface area contributed by atoms with E-state index in [2.05, 4.69) is 46.3 Å². The number of pyridine rings is 3. The molecule has 0 aliphatic heterocycles. The van der Waals surface area contributed by atoms with Crippen molar-refractivity contribution in [1.29, 1.82) is 0 Å². The minimum atomic E-state index is -4.79. The monoisotopic (exact) mass is 2030 g/mol. The first-order valence-corrected chi connectivity index (χ1v) is 44.6. The number of carbonyl (C=O) groups excluding carboxylic acids is 4. The number of hydrogen-bond donors (Lipinski definition) is 4. The predicted molar refractivity (Wildman–Crippen MR) is 530 cm³/mol. The number of benzene rings is 12. The van der Waals surface area contributed by atoms with E-state index in [1.807, 2.05) is 71.0 Å². The Hall–Kier alpha value is -17.7. The van der Waals surface area contributed by atoms with Crippen molar-refractivity contribution in [3.63, 3.8) is 0 Å². The summed E-state index contributed by atoms with van der Waals surface area (Å²) in [6, 6.07) is 72.4. The van der Waals surface area contributed by atoms with E-state index in [1.165, 1.54) is 98.8 Å². The van der Waals surface area contributed by atoms with Gasteiger partial charge in [0.15, 0.2) is 52.2 Å². The molecule has 0 spiro atoms. The van der Waals surface area contributed by atoms with Gasteiger partial charge >= 0.3 is 18.5 Å². The normalized spacial score (nSPS) is 11.4. The molecule has 0 fully saturated rings. The molecule has 0 unspecified atom stereocenters. The molecule has 0 saturated carbocycles. The summed E-state index contributed by atoms with van der Waals surface area (Å²) in [6.45, 7) is 9.39. The summed E-state index contributed by atoms with van der Waals surface area (Å²) in [6.07, 6.45) is -6.99. The van der Waals surface area contributed by atoms with Crippen LogP contribution in [0.2, 0.25) is 5.28 Å². The van der Waals surface area contributed by atoms with Gasteiger partial charge in [-0.3, -0.25) is 32.4 Å². The van der Waals surface area contributed by atoms with Crippen LogP contribution in [0.3, 0.4) is 0 Å². The van der Waals surface area contributed by atoms with Crippen molar-refractivity contribution in [3.8, 4) is 89.8 Å². The number of hydrogen-bond acceptors (Lipinski definition) is 9. The van der Waals surface area contributed by atoms with Crippen LogP contribution in [0.4, 0.5) is 97.4 Å². The van der Waals surface area contributed by atoms with Crippen molar-refractivity contribution in [2.75, 3.05) is 21.3 Å². The predicted octanol–water partition coefficient (Wildman–Crippen LogP) is 30.1. The van der Waals surface area contributed by atoms with Crippen LogP contribution < -0.4 is 21.3 Å². The van der Waals surface area contributed by atoms with Crippen molar-refractivity contribution < 1.29 is 93.8 Å². The van der Waals surface area contributed by atoms with Crippen LogP contribution in [0.15, 0.2) is 328 Å². The fourth-order valence-electron chi connectivity index (χ4n) is 16.3. The number of imidazole rings is 4. The third-order valence-electron chi connectivity index (χ3n) is 23.6. The number of alkyl halides is 9. The first-order valence-electron chi connectivity index (χ1n) is 44.2. The van der Waals surface area contributed by atoms with E-state index in [0.717, 1.165) is 94.0 Å². The standard InChI is InChI=1S/C28H17ClF5N3O.2C28H18F5N3O.C27H20F2N4O.CH4/c1-15-8-11-17(12-9-15)35-26(38)19-14-16(10-13-20(19)28(32,33)34)22-6-3-7-23-25(36-27(29)37(22)23)18-4-2-5-21(30)24(18)31;1-16-7-10-18(11-8-16)35-27(37)21-14-17(9-12-22(21)28(31,32)33)19-5-3-13-36-24(15-34-26(19)36)20-4-2-6-23(29)25(20)30;1-16-8-11-18(12-9-16)35-27(37)20-14-17(10-13-21(20)28(31,32)33)23-6-3-7-24-26(34-15-36(23)24)19-4-2-5-22(29)25(19)30;1-16-6-10-19(11-7-16)32-27(34)22-14-18(9-8-17(22)2)20-12-13-31-33-24(15-30-26(20)33)21-4-3-5-23(28)25(21)29;/h2-14H,1H3,(H,35,38);2*2-15H,1H3,(H,35,37);3-15H,1-2H3,(H,32,34);1H4. The van der Waals surface area contributed by atoms with Crippen LogP contribution in [0.25, 0.3) is 112 Å². The van der Waals surface area contributed by atoms with Gasteiger partial charge in [-0.2, -0.15) is 44.6 Å². The maximum absolute atomic E-state index is 14.5. The van der Waals surface area contributed by atoms with Gasteiger partial charge < -0.3 is 21.3 Å². The molecule has 740 valence electrons. The van der Waals surface area contributed by atoms with Gasteiger partial charge in [-0.25, -0.2) is 59.6 Å². The molecule has 0 aliphatic rings. The van der Waals surface area contributed by atoms with Crippen molar-refractivity contribution in [1.82, 2.24) is 42.8 Å². The highest BCUT2D eigenvalue weighted by Crippen LogP contribution is 2.44. The van der Waals surface area contributed by atoms with Gasteiger partial charge in [0.25, 0.3) is 23.6 Å². The molecule has 12 aromatic carbocycles. The Kier molecular flexibility index (Phi) is 29.3. The van der Waals surface area contributed by atoms with E-state index in [9.17, 15) is 93.8 Å². The van der Waals surface area contributed by atoms with Crippen molar-refractivity contribution in [3.05, 3.63) is 447 Å². The van der Waals surface area contributed by atoms with E-state index < -0.39 is 116 Å². The molecule has 0 aliphatic carbocycles. The number of nitrogens with one attached hydrogen (secondary N) is 4. The summed E-state index contributed by atoms with van der Waals surface area (Å²) in [4.78, 5) is 69.1. The molecule has 8 heterocycles. The van der Waals surface area contributed by atoms with Gasteiger partial charge in [0.1, 0.15) is 17.7 Å². The van der Waals surface area contributed by atoms with E-state index in [4.69, 9.17) is 11.6 Å². The van der Waals surface area contributed by atoms with E-state index in [-0.39, 0.29) is 63.5 Å². The summed E-state index contributed by atoms with van der Waals surface area (Å²) < 4.78 is 243. The highest BCUT2D eigenvalue weighted by Gasteiger charge is 2.39. The van der Waals surface area contributed by atoms with Gasteiger partial charge in [-0.1, -0.05) is 145 Å². The lowest BCUT2D eigenvalue weighted by molar-refractivity contribution is -0.138. The average Bonchev–Trinajstić information content (AvgIpc) is 1.62. The van der Waals surface area contributed by atoms with E-state index >= 15 is 0 Å². The third-order valence-corrected chi connectivity index (χ3v) is 23.9. The van der Waals surface area contributed by atoms with Gasteiger partial charge in [0.2, 0.25) is 5.28 Å². The molecule has 20 aromatic rings. The highest BCUT2D eigenvalue weighted by atomic mass is 35.5. The second kappa shape index (κ2) is 42.1. The molecule has 4 amide bonds. The Balaban J connectivity index is 0.000000140. The van der Waals surface area contributed by atoms with E-state index in [0.29, 0.717) is 90.0 Å². The average molecular weight is 2030 g/mol. The number of amides is 4. The van der Waals surface area contributed by atoms with Crippen LogP contribution in [-0.2, 0) is 18.5 Å². The number of rotatable bonds is 16. The minimum absolute atomic E-state index is 0. The molecular weight excluding hydrogens is 1950 g/mol. The SMILES string of the molecule is C.Cc1ccc(NC(=O)c2cc(-c3cccc4c(-c5cccc(F)c5F)nc(Cl)n34)ccc2C(F)(F)F)cc1.Cc1ccc(NC(=O)c2cc(-c3cccc4c(-c5cccc(F)c5F)ncn34)ccc2C(F)(F)F)cc1.Cc1ccc(NC(=O)c2cc(-c3cccn4c(-c5cccc(F)c5F)cnc34)ccc2C(F)(F)F)cc1.Cc1ccc(NC(=O)c2cc(-c3ccnn4c(-c5cccc(F)c5F)cnc34)ccc2C)cc1. The largest absolute Gasteiger partial charge is 0.417 e. The van der Waals surface area contributed by atoms with Gasteiger partial charge in [0, 0.05) is 74.1 Å². The molecule has 8 aromatic heterocycles. The molecule has 4 N–H and O–H groups in total. The fourth-order valence-corrected chi connectivity index (χ4v) is 16.6. The Morgan fingerprint density at radius 2 is 0.673 bits per heavy atom. The number of nitrogens with zero attached hydrogens (tertiary/aromatic N) is 9. The summed E-state index contributed by atoms with van der Waals surface area (Å²) >= 11 is 6.38. The highest BCUT2D eigenvalue weighted by molar-refractivity contribution is 6.29. The van der Waals surface area contributed by atoms with Crippen molar-refractivity contribution in [2.24, 2.45) is 0 Å². The van der Waals surface area contributed by atoms with Crippen molar-refractivity contribution in [2.45, 2.75) is 60.6 Å². The summed E-state index contributed by atoms with van der Waals surface area (Å²) in [7, 11) is 0. The third kappa shape index (κ3) is 21.7. The number of fused-ring (bicyclic) bond motifs is 4. The maximum atomic E-state index is 14.5. The molecule has 20 rings (SSSR count). The zero-order valence-corrected chi connectivity index (χ0v) is 77.4. The Morgan fingerprint density at radius 1 is 0.320 bits per heavy atom. The lowest BCUT2D eigenvalue weighted by Crippen LogP contribution is -2.19. The zero-order chi connectivity index (χ0) is 104. The number of aromatic nitrogens is 9. The Bertz CT molecular complexity index is 8230. The molecule has 0 saturated heterocycles. The Morgan fingerprint density at radius 3 is 1.14 bits per heavy atom. The van der Waals surface area contributed by atoms with E-state index in [1.54, 1.807) is 150 Å². The summed E-state index contributed by atoms with van der Waals surface area (Å²) in [5.41, 5.74) is 7.55. The number of aryl methyl sites for hydroxylation is 5. The Labute approximate surface area is 831 Å². The van der Waals surface area contributed by atoms with Crippen LogP contribution in [-0.4, -0.2) is 66.4 Å². The van der Waals surface area contributed by atoms with Gasteiger partial charge in [-0.15, -0.1) is 0 Å². The second-order valence-corrected chi connectivity index (χ2v) is 33.8. The summed E-state index contributed by atoms with van der Waals surface area (Å²) in [5.74, 6) is -11.2. The zero-order valence-electron chi connectivity index (χ0n) is 76.6. The number of carbonyl (C=O) groups is 4. The minimum Gasteiger partial charge on any atom is -0.322 e. The first kappa shape index (κ1) is 102. The smallest absolute Gasteiger partial charge is 0.322 e. The lowest BCUT2D eigenvalue weighted by atomic mass is 9.98. The fraction of sp³-hybridized carbons (Fsp3) is 0.0804. The molecule has 17 nitrogen and oxygen atoms in total. The van der Waals surface area contributed by atoms with Crippen LogP contribution in [0.1, 0.15) is 93.4 Å². The molecular formula is C112H77ClF17N13O4. The molecule has 35 heteroatoms. The number of anilines is 4. The maximum Gasteiger partial charge on any atom is 0.417 e. The van der Waals surface area contributed by atoms with Crippen LogP contribution in [0.5, 0.6) is 0 Å². The molecule has 0 radical (unpaired) electrons. The lowest BCUT2D eigenvalue weighted by Gasteiger charge is -2.15. The van der Waals surface area contributed by atoms with Gasteiger partial charge in [-0.05, 0) is 256 Å². The second-order valence-electron chi connectivity index (χ2n) is 33.5. The van der Waals surface area contributed by atoms with Crippen LogP contribution >= 0.6 is 11.6 Å². The first-order chi connectivity index (χ1) is 69.7. The molecule has 0 bridgehead atoms. The number of halogens is 18. The topological polar surface area (TPSA) is 198 Å². The summed E-state index contributed by atoms with van der Waals surface area (Å²) in [5, 5.41) is 14.6. The molecule has 0 atom stereocenters. The molecule has 147 heavy (non-hydrogen) atoms. The van der Waals surface area contributed by atoms with Gasteiger partial charge in [0.05, 0.1) is 85.3 Å². The van der Waals surface area contributed by atoms with Crippen molar-refractivity contribution >= 4 is 80.3 Å². The van der Waals surface area contributed by atoms with Crippen LogP contribution in [0, 0.1) is 81.2 Å².